The van der Waals surface area contributed by atoms with Crippen molar-refractivity contribution < 1.29 is 14.3 Å². The van der Waals surface area contributed by atoms with Gasteiger partial charge in [0.2, 0.25) is 0 Å². The van der Waals surface area contributed by atoms with E-state index >= 15 is 0 Å². The molecule has 1 aliphatic heterocycles. The lowest BCUT2D eigenvalue weighted by Crippen LogP contribution is -2.34. The molecule has 2 aromatic rings. The number of nitrogens with zero attached hydrogens (tertiary/aromatic N) is 2. The summed E-state index contributed by atoms with van der Waals surface area (Å²) in [7, 11) is 0. The van der Waals surface area contributed by atoms with Crippen molar-refractivity contribution in [2.45, 2.75) is 39.2 Å². The standard InChI is InChI=1S/C20H27N5O3/c1-20(2)4-3-14-16(9-20)24-25-18(14)12-7-15(19(21)26)23-17(8-12)22-10-13-11-27-5-6-28-13/h7-8,13H,3-6,9-11H2,1-2H3,(H2,21,26)(H,22,23)(H,24,25). The van der Waals surface area contributed by atoms with E-state index in [1.165, 1.54) is 11.3 Å². The van der Waals surface area contributed by atoms with E-state index in [2.05, 4.69) is 34.3 Å². The van der Waals surface area contributed by atoms with Gasteiger partial charge in [0.15, 0.2) is 0 Å². The van der Waals surface area contributed by atoms with Gasteiger partial charge in [0, 0.05) is 23.4 Å². The quantitative estimate of drug-likeness (QED) is 0.724. The molecule has 0 bridgehead atoms. The van der Waals surface area contributed by atoms with Crippen molar-refractivity contribution in [3.05, 3.63) is 29.1 Å². The van der Waals surface area contributed by atoms with Crippen LogP contribution in [0.15, 0.2) is 12.1 Å². The molecular weight excluding hydrogens is 358 g/mol. The topological polar surface area (TPSA) is 115 Å². The molecule has 1 amide bonds. The highest BCUT2D eigenvalue weighted by Crippen LogP contribution is 2.38. The molecule has 1 fully saturated rings. The molecule has 0 radical (unpaired) electrons. The molecule has 0 saturated carbocycles. The number of hydrogen-bond acceptors (Lipinski definition) is 6. The number of ether oxygens (including phenoxy) is 2. The molecule has 4 N–H and O–H groups in total. The minimum atomic E-state index is -0.562. The van der Waals surface area contributed by atoms with E-state index in [-0.39, 0.29) is 17.2 Å². The van der Waals surface area contributed by atoms with Gasteiger partial charge in [-0.2, -0.15) is 5.10 Å². The number of primary amides is 1. The fourth-order valence-corrected chi connectivity index (χ4v) is 3.84. The number of fused-ring (bicyclic) bond motifs is 1. The predicted molar refractivity (Wildman–Crippen MR) is 105 cm³/mol. The van der Waals surface area contributed by atoms with Crippen molar-refractivity contribution in [3.8, 4) is 11.3 Å². The first-order valence-corrected chi connectivity index (χ1v) is 9.73. The van der Waals surface area contributed by atoms with Crippen LogP contribution in [0.5, 0.6) is 0 Å². The van der Waals surface area contributed by atoms with Crippen LogP contribution in [-0.2, 0) is 22.3 Å². The number of H-pyrrole nitrogens is 1. The second-order valence-corrected chi connectivity index (χ2v) is 8.31. The smallest absolute Gasteiger partial charge is 0.267 e. The van der Waals surface area contributed by atoms with Gasteiger partial charge in [-0.25, -0.2) is 4.98 Å². The highest BCUT2D eigenvalue weighted by atomic mass is 16.6. The molecule has 1 aliphatic carbocycles. The maximum absolute atomic E-state index is 11.8. The first-order chi connectivity index (χ1) is 13.4. The molecule has 28 heavy (non-hydrogen) atoms. The third-order valence-electron chi connectivity index (χ3n) is 5.41. The average molecular weight is 385 g/mol. The van der Waals surface area contributed by atoms with Gasteiger partial charge >= 0.3 is 0 Å². The fourth-order valence-electron chi connectivity index (χ4n) is 3.84. The Bertz CT molecular complexity index is 871. The molecular formula is C20H27N5O3. The molecule has 0 spiro atoms. The number of aromatic nitrogens is 3. The van der Waals surface area contributed by atoms with Crippen LogP contribution in [0.3, 0.4) is 0 Å². The van der Waals surface area contributed by atoms with Crippen molar-refractivity contribution in [2.24, 2.45) is 11.1 Å². The molecule has 8 nitrogen and oxygen atoms in total. The predicted octanol–water partition coefficient (Wildman–Crippen LogP) is 1.91. The Morgan fingerprint density at radius 3 is 3.00 bits per heavy atom. The minimum Gasteiger partial charge on any atom is -0.376 e. The lowest BCUT2D eigenvalue weighted by molar-refractivity contribution is -0.0819. The summed E-state index contributed by atoms with van der Waals surface area (Å²) in [5.74, 6) is 0.0149. The van der Waals surface area contributed by atoms with Crippen LogP contribution in [0.25, 0.3) is 11.3 Å². The Labute approximate surface area is 164 Å². The number of carbonyl (C=O) groups excluding carboxylic acids is 1. The zero-order valence-corrected chi connectivity index (χ0v) is 16.4. The molecule has 0 aromatic carbocycles. The van der Waals surface area contributed by atoms with Gasteiger partial charge in [-0.05, 0) is 36.8 Å². The van der Waals surface area contributed by atoms with E-state index in [9.17, 15) is 4.79 Å². The Kier molecular flexibility index (Phi) is 5.07. The summed E-state index contributed by atoms with van der Waals surface area (Å²) >= 11 is 0. The van der Waals surface area contributed by atoms with Crippen LogP contribution in [0.1, 0.15) is 42.0 Å². The summed E-state index contributed by atoms with van der Waals surface area (Å²) in [5, 5.41) is 11.0. The highest BCUT2D eigenvalue weighted by Gasteiger charge is 2.29. The second kappa shape index (κ2) is 7.52. The van der Waals surface area contributed by atoms with Crippen LogP contribution < -0.4 is 11.1 Å². The van der Waals surface area contributed by atoms with Gasteiger partial charge in [-0.15, -0.1) is 0 Å². The SMILES string of the molecule is CC1(C)CCc2c(-c3cc(NCC4COCCO4)nc(C(N)=O)c3)n[nH]c2C1. The lowest BCUT2D eigenvalue weighted by atomic mass is 9.76. The number of aromatic amines is 1. The Hall–Kier alpha value is -2.45. The lowest BCUT2D eigenvalue weighted by Gasteiger charge is -2.29. The van der Waals surface area contributed by atoms with Crippen molar-refractivity contribution in [1.82, 2.24) is 15.2 Å². The van der Waals surface area contributed by atoms with E-state index in [0.717, 1.165) is 30.5 Å². The number of rotatable bonds is 5. The molecule has 8 heteroatoms. The average Bonchev–Trinajstić information content (AvgIpc) is 3.08. The summed E-state index contributed by atoms with van der Waals surface area (Å²) in [6.07, 6.45) is 2.98. The second-order valence-electron chi connectivity index (χ2n) is 8.31. The zero-order valence-electron chi connectivity index (χ0n) is 16.4. The summed E-state index contributed by atoms with van der Waals surface area (Å²) in [6.45, 7) is 6.83. The van der Waals surface area contributed by atoms with Crippen molar-refractivity contribution in [1.29, 1.82) is 0 Å². The maximum atomic E-state index is 11.8. The van der Waals surface area contributed by atoms with E-state index in [4.69, 9.17) is 15.2 Å². The van der Waals surface area contributed by atoms with E-state index in [1.807, 2.05) is 6.07 Å². The zero-order chi connectivity index (χ0) is 19.7. The number of hydrogen-bond donors (Lipinski definition) is 3. The summed E-state index contributed by atoms with van der Waals surface area (Å²) in [6, 6.07) is 3.62. The van der Waals surface area contributed by atoms with Gasteiger partial charge in [-0.3, -0.25) is 9.89 Å². The van der Waals surface area contributed by atoms with Crippen molar-refractivity contribution in [3.63, 3.8) is 0 Å². The van der Waals surface area contributed by atoms with Gasteiger partial charge in [0.05, 0.1) is 31.6 Å². The van der Waals surface area contributed by atoms with Crippen LogP contribution in [0, 0.1) is 5.41 Å². The summed E-state index contributed by atoms with van der Waals surface area (Å²) < 4.78 is 11.1. The third-order valence-corrected chi connectivity index (χ3v) is 5.41. The Morgan fingerprint density at radius 2 is 2.25 bits per heavy atom. The molecule has 1 unspecified atom stereocenters. The minimum absolute atomic E-state index is 0.0448. The third kappa shape index (κ3) is 4.02. The van der Waals surface area contributed by atoms with Crippen LogP contribution in [-0.4, -0.2) is 53.6 Å². The van der Waals surface area contributed by atoms with Crippen molar-refractivity contribution >= 4 is 11.7 Å². The van der Waals surface area contributed by atoms with Gasteiger partial charge < -0.3 is 20.5 Å². The van der Waals surface area contributed by atoms with Crippen LogP contribution in [0.4, 0.5) is 5.82 Å². The molecule has 4 rings (SSSR count). The number of nitrogens with two attached hydrogens (primary N) is 1. The number of amides is 1. The molecule has 3 heterocycles. The summed E-state index contributed by atoms with van der Waals surface area (Å²) in [4.78, 5) is 16.2. The van der Waals surface area contributed by atoms with E-state index in [0.29, 0.717) is 32.2 Å². The monoisotopic (exact) mass is 385 g/mol. The Morgan fingerprint density at radius 1 is 1.39 bits per heavy atom. The van der Waals surface area contributed by atoms with Gasteiger partial charge in [-0.1, -0.05) is 13.8 Å². The van der Waals surface area contributed by atoms with E-state index in [1.54, 1.807) is 6.07 Å². The Balaban J connectivity index is 1.61. The van der Waals surface area contributed by atoms with Gasteiger partial charge in [0.1, 0.15) is 11.5 Å². The first-order valence-electron chi connectivity index (χ1n) is 9.73. The number of carbonyl (C=O) groups is 1. The maximum Gasteiger partial charge on any atom is 0.267 e. The van der Waals surface area contributed by atoms with Gasteiger partial charge in [0.25, 0.3) is 5.91 Å². The molecule has 2 aromatic heterocycles. The van der Waals surface area contributed by atoms with Crippen LogP contribution in [0.2, 0.25) is 0 Å². The number of nitrogens with one attached hydrogen (secondary N) is 2. The largest absolute Gasteiger partial charge is 0.376 e. The van der Waals surface area contributed by atoms with E-state index < -0.39 is 5.91 Å². The number of pyridine rings is 1. The fraction of sp³-hybridized carbons (Fsp3) is 0.550. The normalized spacial score (nSPS) is 21.1. The summed E-state index contributed by atoms with van der Waals surface area (Å²) in [5.41, 5.74) is 10.1. The van der Waals surface area contributed by atoms with Crippen LogP contribution >= 0.6 is 0 Å². The van der Waals surface area contributed by atoms with Crippen molar-refractivity contribution in [2.75, 3.05) is 31.7 Å². The molecule has 2 aliphatic rings. The number of anilines is 1. The highest BCUT2D eigenvalue weighted by molar-refractivity contribution is 5.92. The molecule has 150 valence electrons. The molecule has 1 saturated heterocycles. The molecule has 1 atom stereocenters. The first kappa shape index (κ1) is 18.9.